The molecule has 0 spiro atoms. The first-order valence-electron chi connectivity index (χ1n) is 5.02. The van der Waals surface area contributed by atoms with E-state index in [1.807, 2.05) is 0 Å². The number of hydrazine groups is 1. The minimum atomic E-state index is -0.556. The van der Waals surface area contributed by atoms with E-state index in [0.717, 1.165) is 0 Å². The molecule has 0 fully saturated rings. The molecular weight excluding hydrogens is 240 g/mol. The van der Waals surface area contributed by atoms with Gasteiger partial charge in [0.15, 0.2) is 0 Å². The van der Waals surface area contributed by atoms with Crippen LogP contribution in [0.1, 0.15) is 0 Å². The fourth-order valence-electron chi connectivity index (χ4n) is 1.25. The second-order valence-electron chi connectivity index (χ2n) is 3.50. The summed E-state index contributed by atoms with van der Waals surface area (Å²) in [6.45, 7) is 0.0364. The molecule has 0 unspecified atom stereocenters. The number of amides is 1. The summed E-state index contributed by atoms with van der Waals surface area (Å²) in [5, 5.41) is 13.2. The van der Waals surface area contributed by atoms with Crippen LogP contribution >= 0.6 is 0 Å². The summed E-state index contributed by atoms with van der Waals surface area (Å²) in [5.74, 6) is 5.39. The lowest BCUT2D eigenvalue weighted by Crippen LogP contribution is -2.33. The lowest BCUT2D eigenvalue weighted by atomic mass is 10.3. The van der Waals surface area contributed by atoms with E-state index in [-0.39, 0.29) is 29.8 Å². The van der Waals surface area contributed by atoms with Crippen LogP contribution in [0.3, 0.4) is 0 Å². The molecule has 1 aromatic heterocycles. The molecule has 0 radical (unpaired) electrons. The van der Waals surface area contributed by atoms with Crippen molar-refractivity contribution in [2.45, 2.75) is 0 Å². The number of pyridine rings is 1. The van der Waals surface area contributed by atoms with Gasteiger partial charge >= 0.3 is 0 Å². The molecule has 1 amide bonds. The number of nitro groups is 1. The molecule has 9 heteroatoms. The normalized spacial score (nSPS) is 9.72. The molecule has 0 saturated heterocycles. The maximum absolute atomic E-state index is 11.2. The number of nitrogens with zero attached hydrogens (tertiary/aromatic N) is 3. The number of hydrogen-bond donors (Lipinski definition) is 3. The Hall–Kier alpha value is -2.42. The zero-order valence-corrected chi connectivity index (χ0v) is 10.0. The van der Waals surface area contributed by atoms with E-state index in [4.69, 9.17) is 5.84 Å². The molecular formula is C9H14N6O3. The predicted molar refractivity (Wildman–Crippen MR) is 66.0 cm³/mol. The van der Waals surface area contributed by atoms with Gasteiger partial charge in [0.1, 0.15) is 11.6 Å². The lowest BCUT2D eigenvalue weighted by molar-refractivity contribution is -0.384. The number of carbonyl (C=O) groups is 1. The molecule has 1 heterocycles. The van der Waals surface area contributed by atoms with Crippen LogP contribution in [-0.2, 0) is 4.79 Å². The minimum Gasteiger partial charge on any atom is -0.358 e. The van der Waals surface area contributed by atoms with Crippen molar-refractivity contribution in [3.05, 3.63) is 22.2 Å². The number of nitrogens with one attached hydrogen (secondary N) is 2. The highest BCUT2D eigenvalue weighted by molar-refractivity contribution is 5.80. The fraction of sp³-hybridized carbons (Fsp3) is 0.333. The molecule has 4 N–H and O–H groups in total. The van der Waals surface area contributed by atoms with Gasteiger partial charge < -0.3 is 15.6 Å². The molecule has 0 aromatic carbocycles. The first kappa shape index (κ1) is 13.6. The van der Waals surface area contributed by atoms with Crippen molar-refractivity contribution in [1.82, 2.24) is 10.3 Å². The van der Waals surface area contributed by atoms with Crippen LogP contribution in [0.5, 0.6) is 0 Å². The summed E-state index contributed by atoms with van der Waals surface area (Å²) in [6, 6.07) is 2.47. The maximum atomic E-state index is 11.2. The van der Waals surface area contributed by atoms with Crippen LogP contribution < -0.4 is 21.5 Å². The minimum absolute atomic E-state index is 0.0364. The first-order chi connectivity index (χ1) is 8.47. The average Bonchev–Trinajstić information content (AvgIpc) is 2.37. The lowest BCUT2D eigenvalue weighted by Gasteiger charge is -2.17. The number of nitrogen functional groups attached to an aromatic ring is 1. The van der Waals surface area contributed by atoms with Gasteiger partial charge in [-0.2, -0.15) is 0 Å². The van der Waals surface area contributed by atoms with Gasteiger partial charge in [0.2, 0.25) is 5.91 Å². The van der Waals surface area contributed by atoms with Gasteiger partial charge in [-0.15, -0.1) is 0 Å². The van der Waals surface area contributed by atoms with E-state index < -0.39 is 4.92 Å². The van der Waals surface area contributed by atoms with E-state index in [1.165, 1.54) is 24.1 Å². The highest BCUT2D eigenvalue weighted by atomic mass is 16.6. The van der Waals surface area contributed by atoms with Crippen LogP contribution in [0.15, 0.2) is 12.1 Å². The summed E-state index contributed by atoms with van der Waals surface area (Å²) in [5.41, 5.74) is 2.09. The standard InChI is InChI=1S/C9H14N6O3/c1-11-9(16)5-14(2)8-4-6(15(17)18)3-7(12-8)13-10/h3-4H,5,10H2,1-2H3,(H,11,16)(H,12,13). The molecule has 0 aliphatic rings. The third-order valence-corrected chi connectivity index (χ3v) is 2.21. The maximum Gasteiger partial charge on any atom is 0.276 e. The molecule has 0 aliphatic heterocycles. The highest BCUT2D eigenvalue weighted by Crippen LogP contribution is 2.21. The number of aromatic nitrogens is 1. The van der Waals surface area contributed by atoms with Crippen LogP contribution in [0.2, 0.25) is 0 Å². The van der Waals surface area contributed by atoms with Gasteiger partial charge in [-0.25, -0.2) is 10.8 Å². The molecule has 0 atom stereocenters. The van der Waals surface area contributed by atoms with Crippen molar-refractivity contribution < 1.29 is 9.72 Å². The summed E-state index contributed by atoms with van der Waals surface area (Å²) in [7, 11) is 3.10. The quantitative estimate of drug-likeness (QED) is 0.366. The van der Waals surface area contributed by atoms with Crippen LogP contribution in [0.4, 0.5) is 17.3 Å². The van der Waals surface area contributed by atoms with Crippen molar-refractivity contribution in [2.24, 2.45) is 5.84 Å². The van der Waals surface area contributed by atoms with Gasteiger partial charge in [-0.1, -0.05) is 0 Å². The van der Waals surface area contributed by atoms with Crippen molar-refractivity contribution in [3.63, 3.8) is 0 Å². The fourth-order valence-corrected chi connectivity index (χ4v) is 1.25. The Bertz CT molecular complexity index is 464. The zero-order valence-electron chi connectivity index (χ0n) is 10.0. The number of likely N-dealkylation sites (N-methyl/N-ethyl adjacent to an activating group) is 2. The molecule has 1 aromatic rings. The van der Waals surface area contributed by atoms with Gasteiger partial charge in [-0.05, 0) is 0 Å². The second kappa shape index (κ2) is 5.77. The second-order valence-corrected chi connectivity index (χ2v) is 3.50. The third-order valence-electron chi connectivity index (χ3n) is 2.21. The Balaban J connectivity index is 3.03. The summed E-state index contributed by atoms with van der Waals surface area (Å²) in [4.78, 5) is 26.9. The number of nitrogens with two attached hydrogens (primary N) is 1. The Kier molecular flexibility index (Phi) is 4.38. The van der Waals surface area contributed by atoms with Crippen LogP contribution in [0, 0.1) is 10.1 Å². The molecule has 9 nitrogen and oxygen atoms in total. The number of anilines is 2. The number of carbonyl (C=O) groups excluding carboxylic acids is 1. The average molecular weight is 254 g/mol. The smallest absolute Gasteiger partial charge is 0.276 e. The van der Waals surface area contributed by atoms with E-state index in [0.29, 0.717) is 0 Å². The van der Waals surface area contributed by atoms with E-state index in [1.54, 1.807) is 7.05 Å². The summed E-state index contributed by atoms with van der Waals surface area (Å²) >= 11 is 0. The van der Waals surface area contributed by atoms with Gasteiger partial charge in [0, 0.05) is 14.1 Å². The molecule has 18 heavy (non-hydrogen) atoms. The monoisotopic (exact) mass is 254 g/mol. The van der Waals surface area contributed by atoms with Crippen molar-refractivity contribution >= 4 is 23.2 Å². The summed E-state index contributed by atoms with van der Waals surface area (Å²) < 4.78 is 0. The molecule has 0 aliphatic carbocycles. The van der Waals surface area contributed by atoms with Crippen molar-refractivity contribution in [3.8, 4) is 0 Å². The van der Waals surface area contributed by atoms with E-state index in [9.17, 15) is 14.9 Å². The highest BCUT2D eigenvalue weighted by Gasteiger charge is 2.14. The number of hydrogen-bond acceptors (Lipinski definition) is 7. The molecule has 0 bridgehead atoms. The van der Waals surface area contributed by atoms with Crippen molar-refractivity contribution in [2.75, 3.05) is 31.0 Å². The topological polar surface area (TPSA) is 126 Å². The Labute approximate surface area is 103 Å². The van der Waals surface area contributed by atoms with Gasteiger partial charge in [0.25, 0.3) is 5.69 Å². The Morgan fingerprint density at radius 1 is 1.61 bits per heavy atom. The van der Waals surface area contributed by atoms with E-state index >= 15 is 0 Å². The Morgan fingerprint density at radius 3 is 2.78 bits per heavy atom. The molecule has 1 rings (SSSR count). The van der Waals surface area contributed by atoms with E-state index in [2.05, 4.69) is 15.7 Å². The first-order valence-corrected chi connectivity index (χ1v) is 5.02. The van der Waals surface area contributed by atoms with Gasteiger partial charge in [0.05, 0.1) is 23.6 Å². The predicted octanol–water partition coefficient (Wildman–Crippen LogP) is -0.542. The van der Waals surface area contributed by atoms with Crippen LogP contribution in [-0.4, -0.2) is 36.5 Å². The zero-order chi connectivity index (χ0) is 13.7. The third kappa shape index (κ3) is 3.28. The number of rotatable bonds is 5. The van der Waals surface area contributed by atoms with Crippen molar-refractivity contribution in [1.29, 1.82) is 0 Å². The largest absolute Gasteiger partial charge is 0.358 e. The van der Waals surface area contributed by atoms with Crippen LogP contribution in [0.25, 0.3) is 0 Å². The molecule has 0 saturated carbocycles. The van der Waals surface area contributed by atoms with Gasteiger partial charge in [-0.3, -0.25) is 14.9 Å². The Morgan fingerprint density at radius 2 is 2.28 bits per heavy atom. The molecule has 98 valence electrons. The summed E-state index contributed by atoms with van der Waals surface area (Å²) in [6.07, 6.45) is 0. The SMILES string of the molecule is CNC(=O)CN(C)c1cc([N+](=O)[O-])cc(NN)n1.